The number of Topliss-reactive ketones (excluding diaryl/α,β-unsaturated/α-hetero) is 1. The van der Waals surface area contributed by atoms with Crippen molar-refractivity contribution in [3.63, 3.8) is 0 Å². The molecular formula is C16H14O2. The Morgan fingerprint density at radius 2 is 2.11 bits per heavy atom. The van der Waals surface area contributed by atoms with Gasteiger partial charge in [-0.3, -0.25) is 4.79 Å². The van der Waals surface area contributed by atoms with E-state index >= 15 is 0 Å². The van der Waals surface area contributed by atoms with Crippen LogP contribution in [-0.2, 0) is 0 Å². The van der Waals surface area contributed by atoms with Gasteiger partial charge < -0.3 is 4.42 Å². The van der Waals surface area contributed by atoms with Crippen molar-refractivity contribution in [1.29, 1.82) is 0 Å². The largest absolute Gasteiger partial charge is 0.453 e. The van der Waals surface area contributed by atoms with Crippen molar-refractivity contribution < 1.29 is 9.21 Å². The van der Waals surface area contributed by atoms with Gasteiger partial charge in [0.25, 0.3) is 0 Å². The second kappa shape index (κ2) is 5.32. The van der Waals surface area contributed by atoms with E-state index in [2.05, 4.69) is 6.58 Å². The van der Waals surface area contributed by atoms with E-state index < -0.39 is 0 Å². The SMILES string of the molecule is C=C/C=C(\C=C/C)C(=O)c1cc2ccccc2o1. The lowest BCUT2D eigenvalue weighted by Crippen LogP contribution is -1.99. The second-order valence-electron chi connectivity index (χ2n) is 3.84. The number of ketones is 1. The normalized spacial score (nSPS) is 12.2. The van der Waals surface area contributed by atoms with Crippen molar-refractivity contribution in [1.82, 2.24) is 0 Å². The molecule has 0 aliphatic rings. The average Bonchev–Trinajstić information content (AvgIpc) is 2.81. The first-order chi connectivity index (χ1) is 8.76. The van der Waals surface area contributed by atoms with Crippen LogP contribution in [0, 0.1) is 0 Å². The number of carbonyl (C=O) groups excluding carboxylic acids is 1. The van der Waals surface area contributed by atoms with Crippen LogP contribution in [0.5, 0.6) is 0 Å². The van der Waals surface area contributed by atoms with Crippen LogP contribution in [-0.4, -0.2) is 5.78 Å². The summed E-state index contributed by atoms with van der Waals surface area (Å²) in [5.74, 6) is 0.214. The van der Waals surface area contributed by atoms with E-state index in [0.29, 0.717) is 11.3 Å². The Bertz CT molecular complexity index is 609. The number of furan rings is 1. The van der Waals surface area contributed by atoms with Crippen molar-refractivity contribution >= 4 is 16.8 Å². The molecule has 0 aliphatic carbocycles. The van der Waals surface area contributed by atoms with Gasteiger partial charge in [-0.2, -0.15) is 0 Å². The minimum Gasteiger partial charge on any atom is -0.453 e. The molecule has 0 radical (unpaired) electrons. The molecular weight excluding hydrogens is 224 g/mol. The molecule has 1 aromatic carbocycles. The predicted molar refractivity (Wildman–Crippen MR) is 73.6 cm³/mol. The average molecular weight is 238 g/mol. The lowest BCUT2D eigenvalue weighted by Gasteiger charge is -1.96. The Labute approximate surface area is 106 Å². The van der Waals surface area contributed by atoms with Crippen LogP contribution < -0.4 is 0 Å². The number of hydrogen-bond acceptors (Lipinski definition) is 2. The highest BCUT2D eigenvalue weighted by molar-refractivity contribution is 6.10. The molecule has 2 aromatic rings. The Morgan fingerprint density at radius 3 is 2.78 bits per heavy atom. The predicted octanol–water partition coefficient (Wildman–Crippen LogP) is 4.30. The standard InChI is InChI=1S/C16H14O2/c1-3-7-12(8-4-2)16(17)15-11-13-9-5-6-10-14(13)18-15/h3-11H,1H2,2H3/b8-4-,12-7+. The number of fused-ring (bicyclic) bond motifs is 1. The van der Waals surface area contributed by atoms with Gasteiger partial charge in [-0.05, 0) is 19.1 Å². The van der Waals surface area contributed by atoms with Crippen LogP contribution in [0.25, 0.3) is 11.0 Å². The first-order valence-corrected chi connectivity index (χ1v) is 5.75. The Balaban J connectivity index is 2.44. The summed E-state index contributed by atoms with van der Waals surface area (Å²) in [6, 6.07) is 9.32. The summed E-state index contributed by atoms with van der Waals surface area (Å²) in [5, 5.41) is 0.930. The molecule has 0 saturated heterocycles. The summed E-state index contributed by atoms with van der Waals surface area (Å²) in [4.78, 5) is 12.2. The van der Waals surface area contributed by atoms with Crippen LogP contribution in [0.4, 0.5) is 0 Å². The van der Waals surface area contributed by atoms with Gasteiger partial charge in [-0.25, -0.2) is 0 Å². The summed E-state index contributed by atoms with van der Waals surface area (Å²) < 4.78 is 5.54. The first kappa shape index (κ1) is 12.1. The third-order valence-corrected chi connectivity index (χ3v) is 2.56. The van der Waals surface area contributed by atoms with Crippen LogP contribution >= 0.6 is 0 Å². The minimum atomic E-state index is -0.135. The van der Waals surface area contributed by atoms with Crippen LogP contribution in [0.1, 0.15) is 17.5 Å². The molecule has 0 atom stereocenters. The molecule has 90 valence electrons. The summed E-state index contributed by atoms with van der Waals surface area (Å²) >= 11 is 0. The summed E-state index contributed by atoms with van der Waals surface area (Å²) in [6.45, 7) is 5.47. The Hall–Kier alpha value is -2.35. The maximum atomic E-state index is 12.2. The second-order valence-corrected chi connectivity index (χ2v) is 3.84. The molecule has 2 nitrogen and oxygen atoms in total. The fourth-order valence-corrected chi connectivity index (χ4v) is 1.75. The van der Waals surface area contributed by atoms with Crippen molar-refractivity contribution in [2.75, 3.05) is 0 Å². The van der Waals surface area contributed by atoms with Crippen LogP contribution in [0.2, 0.25) is 0 Å². The molecule has 0 amide bonds. The van der Waals surface area contributed by atoms with Crippen LogP contribution in [0.3, 0.4) is 0 Å². The maximum Gasteiger partial charge on any atom is 0.228 e. The Kier molecular flexibility index (Phi) is 3.58. The zero-order valence-electron chi connectivity index (χ0n) is 10.2. The molecule has 0 bridgehead atoms. The highest BCUT2D eigenvalue weighted by Gasteiger charge is 2.14. The van der Waals surface area contributed by atoms with E-state index in [0.717, 1.165) is 11.0 Å². The van der Waals surface area contributed by atoms with E-state index in [1.807, 2.05) is 37.3 Å². The van der Waals surface area contributed by atoms with E-state index in [-0.39, 0.29) is 5.78 Å². The monoisotopic (exact) mass is 238 g/mol. The van der Waals surface area contributed by atoms with E-state index in [1.54, 1.807) is 24.3 Å². The number of benzene rings is 1. The van der Waals surface area contributed by atoms with Gasteiger partial charge in [-0.15, -0.1) is 0 Å². The van der Waals surface area contributed by atoms with Gasteiger partial charge in [0.15, 0.2) is 5.76 Å². The summed E-state index contributed by atoms with van der Waals surface area (Å²) in [5.41, 5.74) is 1.28. The molecule has 18 heavy (non-hydrogen) atoms. The third kappa shape index (κ3) is 2.33. The minimum absolute atomic E-state index is 0.135. The molecule has 1 aromatic heterocycles. The van der Waals surface area contributed by atoms with Crippen molar-refractivity contribution in [2.24, 2.45) is 0 Å². The van der Waals surface area contributed by atoms with Gasteiger partial charge in [0, 0.05) is 11.0 Å². The Morgan fingerprint density at radius 1 is 1.33 bits per heavy atom. The van der Waals surface area contributed by atoms with Gasteiger partial charge in [0.2, 0.25) is 5.78 Å². The highest BCUT2D eigenvalue weighted by Crippen LogP contribution is 2.21. The smallest absolute Gasteiger partial charge is 0.228 e. The lowest BCUT2D eigenvalue weighted by molar-refractivity contribution is 0.101. The molecule has 0 aliphatic heterocycles. The summed E-state index contributed by atoms with van der Waals surface area (Å²) in [7, 11) is 0. The molecule has 2 heteroatoms. The van der Waals surface area contributed by atoms with Crippen molar-refractivity contribution in [3.05, 3.63) is 72.5 Å². The number of allylic oxidation sites excluding steroid dienone is 5. The van der Waals surface area contributed by atoms with Crippen LogP contribution in [0.15, 0.2) is 71.2 Å². The van der Waals surface area contributed by atoms with Crippen molar-refractivity contribution in [3.8, 4) is 0 Å². The molecule has 0 spiro atoms. The molecule has 2 rings (SSSR count). The maximum absolute atomic E-state index is 12.2. The lowest BCUT2D eigenvalue weighted by atomic mass is 10.1. The zero-order valence-corrected chi connectivity index (χ0v) is 10.2. The first-order valence-electron chi connectivity index (χ1n) is 5.75. The third-order valence-electron chi connectivity index (χ3n) is 2.56. The molecule has 0 saturated carbocycles. The molecule has 0 unspecified atom stereocenters. The summed E-state index contributed by atoms with van der Waals surface area (Å²) in [6.07, 6.45) is 6.83. The van der Waals surface area contributed by atoms with E-state index in [4.69, 9.17) is 4.42 Å². The fraction of sp³-hybridized carbons (Fsp3) is 0.0625. The molecule has 0 fully saturated rings. The van der Waals surface area contributed by atoms with E-state index in [1.165, 1.54) is 0 Å². The topological polar surface area (TPSA) is 30.2 Å². The number of hydrogen-bond donors (Lipinski definition) is 0. The number of carbonyl (C=O) groups is 1. The van der Waals surface area contributed by atoms with Gasteiger partial charge in [0.05, 0.1) is 0 Å². The fourth-order valence-electron chi connectivity index (χ4n) is 1.75. The van der Waals surface area contributed by atoms with E-state index in [9.17, 15) is 4.79 Å². The molecule has 1 heterocycles. The number of rotatable bonds is 4. The van der Waals surface area contributed by atoms with Gasteiger partial charge in [-0.1, -0.05) is 49.1 Å². The quantitative estimate of drug-likeness (QED) is 0.451. The zero-order chi connectivity index (χ0) is 13.0. The molecule has 0 N–H and O–H groups in total. The highest BCUT2D eigenvalue weighted by atomic mass is 16.3. The van der Waals surface area contributed by atoms with Crippen molar-refractivity contribution in [2.45, 2.75) is 6.92 Å². The number of para-hydroxylation sites is 1. The van der Waals surface area contributed by atoms with Gasteiger partial charge in [0.1, 0.15) is 5.58 Å². The van der Waals surface area contributed by atoms with Gasteiger partial charge >= 0.3 is 0 Å².